The van der Waals surface area contributed by atoms with Gasteiger partial charge in [-0.1, -0.05) is 6.07 Å². The predicted octanol–water partition coefficient (Wildman–Crippen LogP) is 3.55. The van der Waals surface area contributed by atoms with Crippen molar-refractivity contribution >= 4 is 21.3 Å². The highest BCUT2D eigenvalue weighted by Crippen LogP contribution is 2.36. The van der Waals surface area contributed by atoms with Crippen LogP contribution in [0.4, 0.5) is 18.9 Å². The largest absolute Gasteiger partial charge is 0.477 e. The monoisotopic (exact) mass is 507 g/mol. The number of nitriles is 1. The SMILES string of the molecule is COc1nc(C#N)cnc1Oc1nnc(C(F)(F)F)c(C)c1C(=O)Nc1cccc(S(C)(=N)=O)c1. The van der Waals surface area contributed by atoms with Crippen LogP contribution in [-0.4, -0.2) is 43.6 Å². The first-order chi connectivity index (χ1) is 16.3. The predicted molar refractivity (Wildman–Crippen MR) is 115 cm³/mol. The summed E-state index contributed by atoms with van der Waals surface area (Å²) in [5.41, 5.74) is -2.67. The molecule has 0 saturated heterocycles. The molecule has 1 atom stereocenters. The van der Waals surface area contributed by atoms with Gasteiger partial charge in [-0.2, -0.15) is 23.4 Å². The summed E-state index contributed by atoms with van der Waals surface area (Å²) in [5, 5.41) is 17.9. The molecule has 2 aromatic heterocycles. The Balaban J connectivity index is 2.10. The molecular formula is C20H16F3N7O4S. The number of nitrogens with zero attached hydrogens (tertiary/aromatic N) is 5. The summed E-state index contributed by atoms with van der Waals surface area (Å²) >= 11 is 0. The van der Waals surface area contributed by atoms with Crippen molar-refractivity contribution in [3.63, 3.8) is 0 Å². The van der Waals surface area contributed by atoms with Crippen molar-refractivity contribution in [2.45, 2.75) is 18.0 Å². The lowest BCUT2D eigenvalue weighted by atomic mass is 10.1. The molecule has 0 bridgehead atoms. The van der Waals surface area contributed by atoms with Gasteiger partial charge < -0.3 is 14.8 Å². The molecule has 0 spiro atoms. The highest BCUT2D eigenvalue weighted by Gasteiger charge is 2.38. The van der Waals surface area contributed by atoms with Crippen LogP contribution >= 0.6 is 0 Å². The van der Waals surface area contributed by atoms with Crippen LogP contribution in [0.5, 0.6) is 17.6 Å². The van der Waals surface area contributed by atoms with Gasteiger partial charge in [0.1, 0.15) is 11.6 Å². The lowest BCUT2D eigenvalue weighted by molar-refractivity contribution is -0.142. The Labute approximate surface area is 196 Å². The van der Waals surface area contributed by atoms with E-state index in [1.165, 1.54) is 37.6 Å². The van der Waals surface area contributed by atoms with E-state index in [-0.39, 0.29) is 28.0 Å². The Kier molecular flexibility index (Phi) is 6.87. The van der Waals surface area contributed by atoms with E-state index >= 15 is 0 Å². The maximum absolute atomic E-state index is 13.5. The first-order valence-electron chi connectivity index (χ1n) is 9.43. The van der Waals surface area contributed by atoms with Gasteiger partial charge in [0, 0.05) is 16.8 Å². The molecule has 0 fully saturated rings. The smallest absolute Gasteiger partial charge is 0.435 e. The second kappa shape index (κ2) is 9.50. The summed E-state index contributed by atoms with van der Waals surface area (Å²) in [5.74, 6) is -2.35. The molecule has 1 aromatic carbocycles. The third-order valence-electron chi connectivity index (χ3n) is 4.43. The Bertz CT molecular complexity index is 1450. The summed E-state index contributed by atoms with van der Waals surface area (Å²) in [4.78, 5) is 20.8. The van der Waals surface area contributed by atoms with E-state index in [1.807, 2.05) is 0 Å². The minimum atomic E-state index is -4.92. The van der Waals surface area contributed by atoms with Gasteiger partial charge in [-0.3, -0.25) is 4.79 Å². The van der Waals surface area contributed by atoms with Crippen LogP contribution in [-0.2, 0) is 15.9 Å². The molecule has 2 N–H and O–H groups in total. The number of halogens is 3. The standard InChI is InChI=1S/C20H16F3N7O4S/c1-10-14(16(31)27-11-5-4-6-13(7-11)35(3,25)32)17(30-29-15(10)20(21,22)23)34-18-19(33-2)28-12(8-24)9-26-18/h4-7,9,25H,1-3H3,(H,27,31). The molecule has 0 aliphatic rings. The molecule has 3 rings (SSSR count). The van der Waals surface area contributed by atoms with Crippen LogP contribution in [0, 0.1) is 23.0 Å². The first-order valence-corrected chi connectivity index (χ1v) is 11.4. The number of amides is 1. The van der Waals surface area contributed by atoms with Gasteiger partial charge in [0.15, 0.2) is 11.4 Å². The maximum Gasteiger partial charge on any atom is 0.435 e. The Hall–Kier alpha value is -4.32. The van der Waals surface area contributed by atoms with Crippen LogP contribution in [0.25, 0.3) is 0 Å². The summed E-state index contributed by atoms with van der Waals surface area (Å²) in [6, 6.07) is 7.24. The first kappa shape index (κ1) is 25.3. The molecule has 15 heteroatoms. The van der Waals surface area contributed by atoms with Gasteiger partial charge in [0.2, 0.25) is 0 Å². The Morgan fingerprint density at radius 1 is 1.23 bits per heavy atom. The van der Waals surface area contributed by atoms with Crippen molar-refractivity contribution in [2.24, 2.45) is 0 Å². The number of nitrogens with one attached hydrogen (secondary N) is 2. The van der Waals surface area contributed by atoms with Gasteiger partial charge >= 0.3 is 6.18 Å². The zero-order valence-electron chi connectivity index (χ0n) is 18.3. The zero-order chi connectivity index (χ0) is 26.0. The van der Waals surface area contributed by atoms with Crippen molar-refractivity contribution in [3.05, 3.63) is 53.0 Å². The molecular weight excluding hydrogens is 491 g/mol. The Morgan fingerprint density at radius 3 is 2.54 bits per heavy atom. The fraction of sp³-hybridized carbons (Fsp3) is 0.200. The van der Waals surface area contributed by atoms with Gasteiger partial charge in [0.25, 0.3) is 23.5 Å². The van der Waals surface area contributed by atoms with Crippen molar-refractivity contribution in [2.75, 3.05) is 18.7 Å². The zero-order valence-corrected chi connectivity index (χ0v) is 19.1. The highest BCUT2D eigenvalue weighted by molar-refractivity contribution is 7.91. The third kappa shape index (κ3) is 5.61. The number of ether oxygens (including phenoxy) is 2. The van der Waals surface area contributed by atoms with Crippen LogP contribution < -0.4 is 14.8 Å². The molecule has 182 valence electrons. The lowest BCUT2D eigenvalue weighted by Crippen LogP contribution is -2.21. The average Bonchev–Trinajstić information content (AvgIpc) is 2.78. The molecule has 1 amide bonds. The summed E-state index contributed by atoms with van der Waals surface area (Å²) in [6.45, 7) is 1.01. The average molecular weight is 507 g/mol. The number of aromatic nitrogens is 4. The second-order valence-corrected chi connectivity index (χ2v) is 9.12. The number of hydrogen-bond acceptors (Lipinski definition) is 10. The molecule has 0 saturated carbocycles. The van der Waals surface area contributed by atoms with E-state index in [9.17, 15) is 22.2 Å². The molecule has 35 heavy (non-hydrogen) atoms. The highest BCUT2D eigenvalue weighted by atomic mass is 32.2. The van der Waals surface area contributed by atoms with Crippen LogP contribution in [0.1, 0.15) is 27.3 Å². The molecule has 1 unspecified atom stereocenters. The number of rotatable bonds is 6. The Morgan fingerprint density at radius 2 is 1.94 bits per heavy atom. The van der Waals surface area contributed by atoms with E-state index in [4.69, 9.17) is 19.5 Å². The normalized spacial score (nSPS) is 12.8. The third-order valence-corrected chi connectivity index (χ3v) is 5.59. The molecule has 2 heterocycles. The van der Waals surface area contributed by atoms with E-state index in [0.717, 1.165) is 13.1 Å². The number of methoxy groups -OCH3 is 1. The van der Waals surface area contributed by atoms with Crippen molar-refractivity contribution < 1.29 is 31.6 Å². The number of carbonyl (C=O) groups is 1. The van der Waals surface area contributed by atoms with Gasteiger partial charge in [-0.25, -0.2) is 14.0 Å². The van der Waals surface area contributed by atoms with Crippen LogP contribution in [0.3, 0.4) is 0 Å². The maximum atomic E-state index is 13.5. The summed E-state index contributed by atoms with van der Waals surface area (Å²) < 4.78 is 70.5. The number of benzene rings is 1. The number of alkyl halides is 3. The minimum absolute atomic E-state index is 0.0702. The van der Waals surface area contributed by atoms with E-state index in [0.29, 0.717) is 0 Å². The van der Waals surface area contributed by atoms with E-state index in [2.05, 4.69) is 25.5 Å². The van der Waals surface area contributed by atoms with Gasteiger partial charge in [0.05, 0.1) is 23.0 Å². The molecule has 3 aromatic rings. The number of anilines is 1. The lowest BCUT2D eigenvalue weighted by Gasteiger charge is -2.16. The van der Waals surface area contributed by atoms with Crippen molar-refractivity contribution in [1.29, 1.82) is 10.0 Å². The van der Waals surface area contributed by atoms with Crippen molar-refractivity contribution in [3.8, 4) is 23.7 Å². The molecule has 11 nitrogen and oxygen atoms in total. The number of carbonyl (C=O) groups excluding carboxylic acids is 1. The van der Waals surface area contributed by atoms with Gasteiger partial charge in [-0.15, -0.1) is 10.2 Å². The van der Waals surface area contributed by atoms with Crippen molar-refractivity contribution in [1.82, 2.24) is 20.2 Å². The summed E-state index contributed by atoms with van der Waals surface area (Å²) in [7, 11) is -1.93. The second-order valence-electron chi connectivity index (χ2n) is 6.96. The topological polar surface area (TPSA) is 164 Å². The van der Waals surface area contributed by atoms with Crippen LogP contribution in [0.2, 0.25) is 0 Å². The van der Waals surface area contributed by atoms with E-state index < -0.39 is 44.5 Å². The fourth-order valence-corrected chi connectivity index (χ4v) is 3.52. The molecule has 0 radical (unpaired) electrons. The molecule has 0 aliphatic heterocycles. The minimum Gasteiger partial charge on any atom is -0.477 e. The molecule has 0 aliphatic carbocycles. The van der Waals surface area contributed by atoms with E-state index in [1.54, 1.807) is 6.07 Å². The number of hydrogen-bond donors (Lipinski definition) is 2. The fourth-order valence-electron chi connectivity index (χ4n) is 2.83. The quantitative estimate of drug-likeness (QED) is 0.508. The van der Waals surface area contributed by atoms with Crippen LogP contribution in [0.15, 0.2) is 35.4 Å². The summed E-state index contributed by atoms with van der Waals surface area (Å²) in [6.07, 6.45) is -2.72. The van der Waals surface area contributed by atoms with Gasteiger partial charge in [-0.05, 0) is 30.7 Å².